The highest BCUT2D eigenvalue weighted by molar-refractivity contribution is 4.90. The lowest BCUT2D eigenvalue weighted by atomic mass is 10.1. The third kappa shape index (κ3) is 2.69. The summed E-state index contributed by atoms with van der Waals surface area (Å²) in [7, 11) is 3.91. The molecule has 0 saturated carbocycles. The molecule has 0 aliphatic carbocycles. The Bertz CT molecular complexity index is 173. The average molecular weight is 201 g/mol. The molecule has 0 aromatic carbocycles. The second-order valence-electron chi connectivity index (χ2n) is 4.42. The number of rotatable bonds is 4. The van der Waals surface area contributed by atoms with Crippen LogP contribution in [-0.2, 0) is 9.47 Å². The Morgan fingerprint density at radius 1 is 1.29 bits per heavy atom. The largest absolute Gasteiger partial charge is 0.380 e. The standard InChI is InChI=1S/C11H23NO2/c1-8(2)14-10-6-7-12(4)11(10)9(3)13-5/h8-11H,6-7H2,1-5H3/t9?,10-,11+/m0/s1. The van der Waals surface area contributed by atoms with Gasteiger partial charge in [-0.05, 0) is 34.2 Å². The Hall–Kier alpha value is -0.120. The predicted molar refractivity (Wildman–Crippen MR) is 57.5 cm³/mol. The van der Waals surface area contributed by atoms with Crippen LogP contribution in [-0.4, -0.2) is 50.0 Å². The summed E-state index contributed by atoms with van der Waals surface area (Å²) < 4.78 is 11.3. The van der Waals surface area contributed by atoms with Gasteiger partial charge in [-0.1, -0.05) is 0 Å². The van der Waals surface area contributed by atoms with E-state index in [-0.39, 0.29) is 6.10 Å². The van der Waals surface area contributed by atoms with E-state index in [1.165, 1.54) is 0 Å². The first kappa shape index (κ1) is 12.0. The summed E-state index contributed by atoms with van der Waals surface area (Å²) in [4.78, 5) is 2.33. The molecule has 0 N–H and O–H groups in total. The van der Waals surface area contributed by atoms with E-state index < -0.39 is 0 Å². The molecule has 3 nitrogen and oxygen atoms in total. The van der Waals surface area contributed by atoms with E-state index in [1.54, 1.807) is 7.11 Å². The molecule has 3 heteroatoms. The summed E-state index contributed by atoms with van der Waals surface area (Å²) in [5, 5.41) is 0. The topological polar surface area (TPSA) is 21.7 Å². The SMILES string of the molecule is COC(C)[C@@H]1[C@@H](OC(C)C)CCN1C. The smallest absolute Gasteiger partial charge is 0.0771 e. The summed E-state index contributed by atoms with van der Waals surface area (Å²) in [6.07, 6.45) is 1.99. The highest BCUT2D eigenvalue weighted by atomic mass is 16.5. The maximum Gasteiger partial charge on any atom is 0.0771 e. The number of nitrogens with zero attached hydrogens (tertiary/aromatic N) is 1. The van der Waals surface area contributed by atoms with Gasteiger partial charge in [0.25, 0.3) is 0 Å². The summed E-state index contributed by atoms with van der Waals surface area (Å²) in [6.45, 7) is 7.40. The monoisotopic (exact) mass is 201 g/mol. The molecule has 1 rings (SSSR count). The minimum Gasteiger partial charge on any atom is -0.380 e. The van der Waals surface area contributed by atoms with Crippen LogP contribution in [0.3, 0.4) is 0 Å². The van der Waals surface area contributed by atoms with Gasteiger partial charge in [-0.15, -0.1) is 0 Å². The van der Waals surface area contributed by atoms with E-state index in [0.717, 1.165) is 13.0 Å². The summed E-state index contributed by atoms with van der Waals surface area (Å²) in [5.74, 6) is 0. The molecule has 3 atom stereocenters. The van der Waals surface area contributed by atoms with E-state index in [1.807, 2.05) is 0 Å². The van der Waals surface area contributed by atoms with Gasteiger partial charge in [-0.25, -0.2) is 0 Å². The molecule has 1 fully saturated rings. The molecular weight excluding hydrogens is 178 g/mol. The van der Waals surface area contributed by atoms with Crippen LogP contribution in [0.1, 0.15) is 27.2 Å². The fourth-order valence-electron chi connectivity index (χ4n) is 2.23. The van der Waals surface area contributed by atoms with Crippen molar-refractivity contribution < 1.29 is 9.47 Å². The van der Waals surface area contributed by atoms with Crippen LogP contribution in [0.5, 0.6) is 0 Å². The minimum atomic E-state index is 0.242. The highest BCUT2D eigenvalue weighted by Crippen LogP contribution is 2.24. The van der Waals surface area contributed by atoms with Gasteiger partial charge < -0.3 is 9.47 Å². The maximum atomic E-state index is 5.90. The summed E-state index contributed by atoms with van der Waals surface area (Å²) in [5.41, 5.74) is 0. The maximum absolute atomic E-state index is 5.90. The number of ether oxygens (including phenoxy) is 2. The first-order valence-electron chi connectivity index (χ1n) is 5.44. The van der Waals surface area contributed by atoms with E-state index in [4.69, 9.17) is 9.47 Å². The van der Waals surface area contributed by atoms with Gasteiger partial charge in [0.15, 0.2) is 0 Å². The van der Waals surface area contributed by atoms with Gasteiger partial charge >= 0.3 is 0 Å². The molecule has 1 aliphatic rings. The lowest BCUT2D eigenvalue weighted by molar-refractivity contribution is -0.0513. The second kappa shape index (κ2) is 5.10. The molecule has 0 aromatic rings. The molecule has 0 radical (unpaired) electrons. The van der Waals surface area contributed by atoms with E-state index >= 15 is 0 Å². The molecule has 1 aliphatic heterocycles. The number of methoxy groups -OCH3 is 1. The van der Waals surface area contributed by atoms with Crippen LogP contribution in [0, 0.1) is 0 Å². The zero-order valence-corrected chi connectivity index (χ0v) is 9.99. The van der Waals surface area contributed by atoms with Crippen molar-refractivity contribution in [3.8, 4) is 0 Å². The summed E-state index contributed by atoms with van der Waals surface area (Å²) >= 11 is 0. The summed E-state index contributed by atoms with van der Waals surface area (Å²) in [6, 6.07) is 0.405. The number of likely N-dealkylation sites (tertiary alicyclic amines) is 1. The average Bonchev–Trinajstić information content (AvgIpc) is 2.45. The third-order valence-electron chi connectivity index (χ3n) is 2.96. The molecule has 0 spiro atoms. The Balaban J connectivity index is 2.57. The normalized spacial score (nSPS) is 31.3. The van der Waals surface area contributed by atoms with Crippen molar-refractivity contribution in [2.24, 2.45) is 0 Å². The highest BCUT2D eigenvalue weighted by Gasteiger charge is 2.36. The van der Waals surface area contributed by atoms with Crippen molar-refractivity contribution >= 4 is 0 Å². The van der Waals surface area contributed by atoms with Gasteiger partial charge in [-0.2, -0.15) is 0 Å². The Morgan fingerprint density at radius 2 is 1.93 bits per heavy atom. The number of hydrogen-bond donors (Lipinski definition) is 0. The number of likely N-dealkylation sites (N-methyl/N-ethyl adjacent to an activating group) is 1. The van der Waals surface area contributed by atoms with Crippen LogP contribution < -0.4 is 0 Å². The van der Waals surface area contributed by atoms with Crippen LogP contribution in [0.15, 0.2) is 0 Å². The van der Waals surface area contributed by atoms with Gasteiger partial charge in [-0.3, -0.25) is 4.90 Å². The van der Waals surface area contributed by atoms with Crippen molar-refractivity contribution in [2.75, 3.05) is 20.7 Å². The van der Waals surface area contributed by atoms with Crippen molar-refractivity contribution in [2.45, 2.75) is 51.5 Å². The van der Waals surface area contributed by atoms with Crippen LogP contribution in [0.25, 0.3) is 0 Å². The van der Waals surface area contributed by atoms with Crippen LogP contribution in [0.4, 0.5) is 0 Å². The van der Waals surface area contributed by atoms with Crippen LogP contribution >= 0.6 is 0 Å². The van der Waals surface area contributed by atoms with Crippen molar-refractivity contribution in [3.63, 3.8) is 0 Å². The quantitative estimate of drug-likeness (QED) is 0.688. The molecule has 84 valence electrons. The molecule has 1 unspecified atom stereocenters. The number of hydrogen-bond acceptors (Lipinski definition) is 3. The molecule has 1 saturated heterocycles. The van der Waals surface area contributed by atoms with E-state index in [9.17, 15) is 0 Å². The van der Waals surface area contributed by atoms with Crippen molar-refractivity contribution in [3.05, 3.63) is 0 Å². The molecule has 14 heavy (non-hydrogen) atoms. The Morgan fingerprint density at radius 3 is 2.43 bits per heavy atom. The second-order valence-corrected chi connectivity index (χ2v) is 4.42. The molecule has 0 amide bonds. The fourth-order valence-corrected chi connectivity index (χ4v) is 2.23. The molecule has 0 bridgehead atoms. The molecule has 1 heterocycles. The third-order valence-corrected chi connectivity index (χ3v) is 2.96. The lowest BCUT2D eigenvalue weighted by Crippen LogP contribution is -2.43. The van der Waals surface area contributed by atoms with E-state index in [0.29, 0.717) is 18.2 Å². The van der Waals surface area contributed by atoms with Crippen LogP contribution in [0.2, 0.25) is 0 Å². The fraction of sp³-hybridized carbons (Fsp3) is 1.00. The van der Waals surface area contributed by atoms with Crippen molar-refractivity contribution in [1.29, 1.82) is 0 Å². The predicted octanol–water partition coefficient (Wildman–Crippen LogP) is 1.52. The minimum absolute atomic E-state index is 0.242. The zero-order chi connectivity index (χ0) is 10.7. The van der Waals surface area contributed by atoms with Gasteiger partial charge in [0.05, 0.1) is 24.4 Å². The molecular formula is C11H23NO2. The lowest BCUT2D eigenvalue weighted by Gasteiger charge is -2.30. The first-order chi connectivity index (χ1) is 6.56. The van der Waals surface area contributed by atoms with E-state index in [2.05, 4.69) is 32.7 Å². The van der Waals surface area contributed by atoms with Crippen molar-refractivity contribution in [1.82, 2.24) is 4.90 Å². The Labute approximate surface area is 87.4 Å². The molecule has 0 aromatic heterocycles. The van der Waals surface area contributed by atoms with Gasteiger partial charge in [0.1, 0.15) is 0 Å². The first-order valence-corrected chi connectivity index (χ1v) is 5.44. The zero-order valence-electron chi connectivity index (χ0n) is 9.99. The Kier molecular flexibility index (Phi) is 4.35. The van der Waals surface area contributed by atoms with Gasteiger partial charge in [0.2, 0.25) is 0 Å². The van der Waals surface area contributed by atoms with Gasteiger partial charge in [0, 0.05) is 13.7 Å².